The van der Waals surface area contributed by atoms with Gasteiger partial charge in [-0.05, 0) is 50.2 Å². The number of hydrogen-bond acceptors (Lipinski definition) is 1. The molecular formula is C15H17N. The van der Waals surface area contributed by atoms with Gasteiger partial charge in [-0.2, -0.15) is 5.26 Å². The molecule has 0 heterocycles. The molecular weight excluding hydrogens is 194 g/mol. The molecule has 1 saturated carbocycles. The molecule has 82 valence electrons. The minimum atomic E-state index is 0.231. The van der Waals surface area contributed by atoms with Gasteiger partial charge in [0.2, 0.25) is 0 Å². The highest BCUT2D eigenvalue weighted by Gasteiger charge is 2.49. The number of fused-ring (bicyclic) bond motifs is 2. The van der Waals surface area contributed by atoms with Crippen LogP contribution in [0.4, 0.5) is 0 Å². The zero-order valence-corrected chi connectivity index (χ0v) is 9.79. The molecule has 1 nitrogen and oxygen atoms in total. The van der Waals surface area contributed by atoms with Crippen molar-refractivity contribution in [3.63, 3.8) is 0 Å². The van der Waals surface area contributed by atoms with Gasteiger partial charge in [-0.3, -0.25) is 0 Å². The molecule has 16 heavy (non-hydrogen) atoms. The van der Waals surface area contributed by atoms with E-state index in [4.69, 9.17) is 0 Å². The van der Waals surface area contributed by atoms with Gasteiger partial charge in [-0.15, -0.1) is 0 Å². The van der Waals surface area contributed by atoms with Crippen molar-refractivity contribution in [1.82, 2.24) is 0 Å². The molecule has 0 bridgehead atoms. The van der Waals surface area contributed by atoms with Gasteiger partial charge in [-0.25, -0.2) is 0 Å². The maximum Gasteiger partial charge on any atom is 0.0665 e. The van der Waals surface area contributed by atoms with E-state index in [1.54, 1.807) is 0 Å². The van der Waals surface area contributed by atoms with Crippen molar-refractivity contribution in [2.45, 2.75) is 44.4 Å². The Morgan fingerprint density at radius 1 is 1.38 bits per heavy atom. The van der Waals surface area contributed by atoms with Gasteiger partial charge < -0.3 is 0 Å². The average Bonchev–Trinajstić information content (AvgIpc) is 2.27. The predicted octanol–water partition coefficient (Wildman–Crippen LogP) is 3.50. The van der Waals surface area contributed by atoms with E-state index in [0.717, 1.165) is 6.42 Å². The second-order valence-corrected chi connectivity index (χ2v) is 5.39. The second-order valence-electron chi connectivity index (χ2n) is 5.39. The summed E-state index contributed by atoms with van der Waals surface area (Å²) in [4.78, 5) is 0. The molecule has 0 radical (unpaired) electrons. The lowest BCUT2D eigenvalue weighted by atomic mass is 9.52. The summed E-state index contributed by atoms with van der Waals surface area (Å²) in [6.45, 7) is 2.16. The lowest BCUT2D eigenvalue weighted by molar-refractivity contribution is 0.144. The fraction of sp³-hybridized carbons (Fsp3) is 0.533. The average molecular weight is 211 g/mol. The van der Waals surface area contributed by atoms with E-state index in [9.17, 15) is 5.26 Å². The van der Waals surface area contributed by atoms with Crippen LogP contribution in [0.1, 0.15) is 42.4 Å². The molecule has 1 fully saturated rings. The highest BCUT2D eigenvalue weighted by molar-refractivity contribution is 5.43. The van der Waals surface area contributed by atoms with Crippen LogP contribution in [-0.4, -0.2) is 0 Å². The van der Waals surface area contributed by atoms with Crippen molar-refractivity contribution in [2.75, 3.05) is 0 Å². The van der Waals surface area contributed by atoms with Crippen LogP contribution in [0, 0.1) is 24.2 Å². The van der Waals surface area contributed by atoms with Gasteiger partial charge in [-0.1, -0.05) is 23.8 Å². The van der Waals surface area contributed by atoms with Crippen molar-refractivity contribution in [3.05, 3.63) is 34.9 Å². The third-order valence-corrected chi connectivity index (χ3v) is 4.57. The fourth-order valence-corrected chi connectivity index (χ4v) is 3.55. The van der Waals surface area contributed by atoms with Crippen LogP contribution >= 0.6 is 0 Å². The van der Waals surface area contributed by atoms with Gasteiger partial charge in [0.05, 0.1) is 12.0 Å². The van der Waals surface area contributed by atoms with Crippen molar-refractivity contribution in [2.24, 2.45) is 5.92 Å². The first-order valence-electron chi connectivity index (χ1n) is 6.26. The molecule has 0 unspecified atom stereocenters. The summed E-state index contributed by atoms with van der Waals surface area (Å²) < 4.78 is 0. The molecule has 0 aliphatic heterocycles. The second kappa shape index (κ2) is 3.35. The summed E-state index contributed by atoms with van der Waals surface area (Å²) in [5, 5.41) is 9.25. The molecule has 0 saturated heterocycles. The molecule has 3 rings (SSSR count). The SMILES string of the molecule is Cc1ccc2c(c1)[C@@]1(CCC2)CC[C@H]1C#N. The monoisotopic (exact) mass is 211 g/mol. The zero-order valence-electron chi connectivity index (χ0n) is 9.79. The summed E-state index contributed by atoms with van der Waals surface area (Å²) in [6.07, 6.45) is 6.01. The highest BCUT2D eigenvalue weighted by Crippen LogP contribution is 2.54. The smallest absolute Gasteiger partial charge is 0.0665 e. The van der Waals surface area contributed by atoms with Gasteiger partial charge in [0.15, 0.2) is 0 Å². The number of hydrogen-bond donors (Lipinski definition) is 0. The number of benzene rings is 1. The Kier molecular flexibility index (Phi) is 2.07. The normalized spacial score (nSPS) is 31.6. The molecule has 1 aromatic rings. The predicted molar refractivity (Wildman–Crippen MR) is 64.1 cm³/mol. The molecule has 0 N–H and O–H groups in total. The molecule has 0 aromatic heterocycles. The van der Waals surface area contributed by atoms with E-state index in [1.165, 1.54) is 42.4 Å². The lowest BCUT2D eigenvalue weighted by Crippen LogP contribution is -2.46. The molecule has 1 heteroatoms. The Morgan fingerprint density at radius 3 is 2.94 bits per heavy atom. The van der Waals surface area contributed by atoms with E-state index in [2.05, 4.69) is 31.2 Å². The number of nitrogens with zero attached hydrogens (tertiary/aromatic N) is 1. The fourth-order valence-electron chi connectivity index (χ4n) is 3.55. The quantitative estimate of drug-likeness (QED) is 0.644. The van der Waals surface area contributed by atoms with Gasteiger partial charge >= 0.3 is 0 Å². The maximum absolute atomic E-state index is 9.25. The van der Waals surface area contributed by atoms with Crippen LogP contribution in [0.3, 0.4) is 0 Å². The van der Waals surface area contributed by atoms with Crippen LogP contribution in [0.15, 0.2) is 18.2 Å². The Balaban J connectivity index is 2.13. The van der Waals surface area contributed by atoms with Gasteiger partial charge in [0.1, 0.15) is 0 Å². The Morgan fingerprint density at radius 2 is 2.25 bits per heavy atom. The molecule has 1 aromatic carbocycles. The molecule has 1 spiro atoms. The van der Waals surface area contributed by atoms with Crippen molar-refractivity contribution in [3.8, 4) is 6.07 Å². The minimum Gasteiger partial charge on any atom is -0.198 e. The number of nitriles is 1. The Labute approximate surface area is 97.1 Å². The standard InChI is InChI=1S/C15H17N/c1-11-4-5-12-3-2-7-15(14(12)9-11)8-6-13(15)10-16/h4-5,9,13H,2-3,6-8H2,1H3/t13-,15-/m0/s1. The summed E-state index contributed by atoms with van der Waals surface area (Å²) in [7, 11) is 0. The summed E-state index contributed by atoms with van der Waals surface area (Å²) in [5.41, 5.74) is 4.56. The Bertz CT molecular complexity index is 469. The largest absolute Gasteiger partial charge is 0.198 e. The summed E-state index contributed by atoms with van der Waals surface area (Å²) in [6, 6.07) is 9.34. The minimum absolute atomic E-state index is 0.231. The van der Waals surface area contributed by atoms with Crippen LogP contribution < -0.4 is 0 Å². The van der Waals surface area contributed by atoms with E-state index >= 15 is 0 Å². The lowest BCUT2D eigenvalue weighted by Gasteiger charge is -2.50. The van der Waals surface area contributed by atoms with Crippen LogP contribution in [0.25, 0.3) is 0 Å². The van der Waals surface area contributed by atoms with Gasteiger partial charge in [0.25, 0.3) is 0 Å². The maximum atomic E-state index is 9.25. The van der Waals surface area contributed by atoms with Crippen molar-refractivity contribution in [1.29, 1.82) is 5.26 Å². The van der Waals surface area contributed by atoms with Crippen LogP contribution in [-0.2, 0) is 11.8 Å². The number of aryl methyl sites for hydroxylation is 2. The van der Waals surface area contributed by atoms with Crippen molar-refractivity contribution < 1.29 is 0 Å². The molecule has 0 amide bonds. The van der Waals surface area contributed by atoms with Crippen LogP contribution in [0.2, 0.25) is 0 Å². The first-order chi connectivity index (χ1) is 7.76. The Hall–Kier alpha value is -1.29. The number of rotatable bonds is 0. The summed E-state index contributed by atoms with van der Waals surface area (Å²) >= 11 is 0. The molecule has 2 aliphatic rings. The molecule has 2 atom stereocenters. The molecule has 2 aliphatic carbocycles. The third-order valence-electron chi connectivity index (χ3n) is 4.57. The van der Waals surface area contributed by atoms with Crippen molar-refractivity contribution >= 4 is 0 Å². The van der Waals surface area contributed by atoms with E-state index in [0.29, 0.717) is 0 Å². The summed E-state index contributed by atoms with van der Waals surface area (Å²) in [5.74, 6) is 0.272. The zero-order chi connectivity index (χ0) is 11.2. The van der Waals surface area contributed by atoms with E-state index in [-0.39, 0.29) is 11.3 Å². The van der Waals surface area contributed by atoms with E-state index in [1.807, 2.05) is 0 Å². The van der Waals surface area contributed by atoms with Crippen LogP contribution in [0.5, 0.6) is 0 Å². The van der Waals surface area contributed by atoms with Gasteiger partial charge in [0, 0.05) is 5.41 Å². The van der Waals surface area contributed by atoms with E-state index < -0.39 is 0 Å². The first kappa shape index (κ1) is 9.90. The first-order valence-corrected chi connectivity index (χ1v) is 6.26. The topological polar surface area (TPSA) is 23.8 Å². The highest BCUT2D eigenvalue weighted by atomic mass is 14.5. The third kappa shape index (κ3) is 1.16.